The summed E-state index contributed by atoms with van der Waals surface area (Å²) >= 11 is 0. The maximum Gasteiger partial charge on any atom is 0.336 e. The normalized spacial score (nSPS) is 26.4. The van der Waals surface area contributed by atoms with Crippen molar-refractivity contribution in [2.45, 2.75) is 31.2 Å². The molecule has 6 rings (SSSR count). The van der Waals surface area contributed by atoms with Gasteiger partial charge in [-0.25, -0.2) is 4.79 Å². The number of piperidine rings is 2. The van der Waals surface area contributed by atoms with Crippen LogP contribution in [0.4, 0.5) is 0 Å². The van der Waals surface area contributed by atoms with E-state index >= 15 is 0 Å². The number of carbonyl (C=O) groups is 2. The second-order valence-electron chi connectivity index (χ2n) is 7.81. The van der Waals surface area contributed by atoms with Crippen LogP contribution in [0.15, 0.2) is 48.5 Å². The number of hydroxylamine groups is 2. The lowest BCUT2D eigenvalue weighted by molar-refractivity contribution is -0.235. The molecule has 138 valence electrons. The van der Waals surface area contributed by atoms with Crippen molar-refractivity contribution in [3.63, 3.8) is 0 Å². The zero-order valence-electron chi connectivity index (χ0n) is 14.9. The summed E-state index contributed by atoms with van der Waals surface area (Å²) in [7, 11) is 0. The van der Waals surface area contributed by atoms with E-state index in [1.807, 2.05) is 48.5 Å². The van der Waals surface area contributed by atoms with Gasteiger partial charge in [0.2, 0.25) is 0 Å². The van der Waals surface area contributed by atoms with Crippen LogP contribution in [0.25, 0.3) is 11.1 Å². The highest BCUT2D eigenvalue weighted by molar-refractivity contribution is 5.93. The molecule has 2 aromatic rings. The van der Waals surface area contributed by atoms with Crippen molar-refractivity contribution < 1.29 is 19.5 Å². The van der Waals surface area contributed by atoms with Crippen LogP contribution in [-0.4, -0.2) is 34.7 Å². The molecular weight excluding hydrogens is 342 g/mol. The molecular formula is C22H21NO4. The van der Waals surface area contributed by atoms with Gasteiger partial charge in [-0.2, -0.15) is 0 Å². The van der Waals surface area contributed by atoms with Crippen LogP contribution in [0.2, 0.25) is 0 Å². The molecule has 4 aliphatic rings. The number of rotatable bonds is 3. The first kappa shape index (κ1) is 16.5. The second-order valence-corrected chi connectivity index (χ2v) is 7.81. The SMILES string of the molecule is O=C(ON1C[C@H]2CC[C@H]1[C@@H](C(=O)O)C2)C1c2ccccc2-c2ccccc21. The average Bonchev–Trinajstić information content (AvgIpc) is 3.03. The van der Waals surface area contributed by atoms with E-state index in [-0.39, 0.29) is 17.9 Å². The summed E-state index contributed by atoms with van der Waals surface area (Å²) in [5.74, 6) is -1.73. The molecule has 2 aliphatic heterocycles. The lowest BCUT2D eigenvalue weighted by atomic mass is 9.74. The number of hydrogen-bond donors (Lipinski definition) is 1. The largest absolute Gasteiger partial charge is 0.481 e. The molecule has 0 amide bonds. The van der Waals surface area contributed by atoms with Gasteiger partial charge in [-0.3, -0.25) is 4.79 Å². The van der Waals surface area contributed by atoms with Crippen LogP contribution in [0.5, 0.6) is 0 Å². The van der Waals surface area contributed by atoms with Crippen molar-refractivity contribution in [1.82, 2.24) is 5.06 Å². The molecule has 1 N–H and O–H groups in total. The minimum absolute atomic E-state index is 0.219. The standard InChI is InChI=1S/C22H21NO4/c24-21(25)18-11-13-9-10-19(18)23(12-13)27-22(26)20-16-7-3-1-5-14(16)15-6-2-4-8-17(15)20/h1-8,13,18-20H,9-12H2,(H,24,25)/t13-,18-,19-/m0/s1. The van der Waals surface area contributed by atoms with Crippen LogP contribution in [0.1, 0.15) is 36.3 Å². The molecule has 5 nitrogen and oxygen atoms in total. The predicted octanol–water partition coefficient (Wildman–Crippen LogP) is 3.44. The molecule has 27 heavy (non-hydrogen) atoms. The van der Waals surface area contributed by atoms with E-state index in [2.05, 4.69) is 0 Å². The van der Waals surface area contributed by atoms with Crippen molar-refractivity contribution in [3.05, 3.63) is 59.7 Å². The van der Waals surface area contributed by atoms with E-state index in [0.29, 0.717) is 13.0 Å². The summed E-state index contributed by atoms with van der Waals surface area (Å²) in [5.41, 5.74) is 4.05. The van der Waals surface area contributed by atoms with Gasteiger partial charge in [0.15, 0.2) is 0 Å². The maximum absolute atomic E-state index is 13.2. The molecule has 0 unspecified atom stereocenters. The maximum atomic E-state index is 13.2. The Morgan fingerprint density at radius 3 is 2.19 bits per heavy atom. The fourth-order valence-corrected chi connectivity index (χ4v) is 5.09. The number of carboxylic acid groups (broad SMARTS) is 1. The summed E-state index contributed by atoms with van der Waals surface area (Å²) in [5, 5.41) is 11.2. The predicted molar refractivity (Wildman–Crippen MR) is 98.8 cm³/mol. The zero-order chi connectivity index (χ0) is 18.5. The number of aliphatic carboxylic acids is 1. The zero-order valence-corrected chi connectivity index (χ0v) is 14.9. The van der Waals surface area contributed by atoms with E-state index in [1.165, 1.54) is 0 Å². The monoisotopic (exact) mass is 363 g/mol. The molecule has 0 aromatic heterocycles. The molecule has 5 heteroatoms. The molecule has 3 atom stereocenters. The van der Waals surface area contributed by atoms with Crippen LogP contribution in [-0.2, 0) is 14.4 Å². The Morgan fingerprint density at radius 1 is 0.963 bits per heavy atom. The number of hydrogen-bond acceptors (Lipinski definition) is 4. The minimum Gasteiger partial charge on any atom is -0.481 e. The number of fused-ring (bicyclic) bond motifs is 6. The van der Waals surface area contributed by atoms with Crippen molar-refractivity contribution >= 4 is 11.9 Å². The third kappa shape index (κ3) is 2.57. The molecule has 2 bridgehead atoms. The average molecular weight is 363 g/mol. The third-order valence-corrected chi connectivity index (χ3v) is 6.32. The third-order valence-electron chi connectivity index (χ3n) is 6.32. The van der Waals surface area contributed by atoms with Crippen molar-refractivity contribution in [3.8, 4) is 11.1 Å². The van der Waals surface area contributed by atoms with Gasteiger partial charge in [-0.15, -0.1) is 5.06 Å². The molecule has 0 radical (unpaired) electrons. The Hall–Kier alpha value is -2.66. The molecule has 0 spiro atoms. The number of carboxylic acids is 1. The first-order chi connectivity index (χ1) is 13.1. The highest BCUT2D eigenvalue weighted by atomic mass is 16.7. The van der Waals surface area contributed by atoms with Crippen molar-refractivity contribution in [2.75, 3.05) is 6.54 Å². The molecule has 2 heterocycles. The highest BCUT2D eigenvalue weighted by Crippen LogP contribution is 2.46. The molecule has 1 saturated carbocycles. The topological polar surface area (TPSA) is 66.8 Å². The Bertz CT molecular complexity index is 879. The van der Waals surface area contributed by atoms with Crippen LogP contribution in [0.3, 0.4) is 0 Å². The molecule has 2 aliphatic carbocycles. The van der Waals surface area contributed by atoms with E-state index in [0.717, 1.165) is 35.1 Å². The van der Waals surface area contributed by atoms with Gasteiger partial charge in [0.05, 0.1) is 12.0 Å². The number of nitrogens with zero attached hydrogens (tertiary/aromatic N) is 1. The van der Waals surface area contributed by atoms with Crippen molar-refractivity contribution in [2.24, 2.45) is 11.8 Å². The molecule has 2 saturated heterocycles. The Labute approximate surface area is 157 Å². The number of benzene rings is 2. The minimum atomic E-state index is -0.790. The van der Waals surface area contributed by atoms with Crippen molar-refractivity contribution in [1.29, 1.82) is 0 Å². The fraction of sp³-hybridized carbons (Fsp3) is 0.364. The fourth-order valence-electron chi connectivity index (χ4n) is 5.09. The second kappa shape index (κ2) is 6.20. The van der Waals surface area contributed by atoms with Gasteiger partial charge < -0.3 is 9.94 Å². The van der Waals surface area contributed by atoms with Crippen LogP contribution in [0, 0.1) is 11.8 Å². The lowest BCUT2D eigenvalue weighted by Crippen LogP contribution is -2.55. The Morgan fingerprint density at radius 2 is 1.59 bits per heavy atom. The van der Waals surface area contributed by atoms with Gasteiger partial charge in [0.1, 0.15) is 5.92 Å². The van der Waals surface area contributed by atoms with Crippen LogP contribution >= 0.6 is 0 Å². The van der Waals surface area contributed by atoms with E-state index in [9.17, 15) is 14.7 Å². The van der Waals surface area contributed by atoms with Gasteiger partial charge in [-0.1, -0.05) is 48.5 Å². The number of carbonyl (C=O) groups excluding carboxylic acids is 1. The van der Waals surface area contributed by atoms with Crippen LogP contribution < -0.4 is 0 Å². The van der Waals surface area contributed by atoms with Gasteiger partial charge >= 0.3 is 11.9 Å². The summed E-state index contributed by atoms with van der Waals surface area (Å²) in [6.45, 7) is 0.635. The van der Waals surface area contributed by atoms with Gasteiger partial charge in [-0.05, 0) is 47.4 Å². The van der Waals surface area contributed by atoms with Gasteiger partial charge in [0.25, 0.3) is 0 Å². The molecule has 3 fully saturated rings. The van der Waals surface area contributed by atoms with E-state index in [1.54, 1.807) is 5.06 Å². The summed E-state index contributed by atoms with van der Waals surface area (Å²) < 4.78 is 0. The summed E-state index contributed by atoms with van der Waals surface area (Å²) in [6, 6.07) is 15.6. The Balaban J connectivity index is 1.44. The summed E-state index contributed by atoms with van der Waals surface area (Å²) in [4.78, 5) is 30.6. The Kier molecular flexibility index (Phi) is 3.79. The van der Waals surface area contributed by atoms with E-state index in [4.69, 9.17) is 4.84 Å². The molecule has 2 aromatic carbocycles. The summed E-state index contributed by atoms with van der Waals surface area (Å²) in [6.07, 6.45) is 2.47. The first-order valence-corrected chi connectivity index (χ1v) is 9.53. The first-order valence-electron chi connectivity index (χ1n) is 9.53. The lowest BCUT2D eigenvalue weighted by Gasteiger charge is -2.46. The quantitative estimate of drug-likeness (QED) is 0.905. The van der Waals surface area contributed by atoms with E-state index < -0.39 is 17.8 Å². The smallest absolute Gasteiger partial charge is 0.336 e. The highest BCUT2D eigenvalue weighted by Gasteiger charge is 2.47. The van der Waals surface area contributed by atoms with Gasteiger partial charge in [0, 0.05) is 6.54 Å².